The van der Waals surface area contributed by atoms with E-state index in [1.165, 1.54) is 0 Å². The van der Waals surface area contributed by atoms with E-state index < -0.39 is 36.5 Å². The van der Waals surface area contributed by atoms with Gasteiger partial charge in [-0.05, 0) is 52.0 Å². The molecule has 1 fully saturated rings. The molecule has 0 saturated carbocycles. The van der Waals surface area contributed by atoms with E-state index in [9.17, 15) is 25.2 Å². The van der Waals surface area contributed by atoms with Crippen molar-refractivity contribution in [1.82, 2.24) is 0 Å². The largest absolute Gasteiger partial charge is 0.458 e. The third-order valence-electron chi connectivity index (χ3n) is 8.76. The van der Waals surface area contributed by atoms with Gasteiger partial charge in [0.1, 0.15) is 18.3 Å². The van der Waals surface area contributed by atoms with Crippen LogP contribution in [0.3, 0.4) is 0 Å². The van der Waals surface area contributed by atoms with Crippen LogP contribution in [0.1, 0.15) is 74.1 Å². The lowest BCUT2D eigenvalue weighted by Gasteiger charge is -2.31. The molecule has 234 valence electrons. The first-order valence-electron chi connectivity index (χ1n) is 15.1. The molecule has 12 atom stereocenters. The second kappa shape index (κ2) is 16.7. The molecule has 0 amide bonds. The average Bonchev–Trinajstić information content (AvgIpc) is 3.74. The third kappa shape index (κ3) is 10.8. The zero-order valence-corrected chi connectivity index (χ0v) is 26.1. The number of carbonyl (C=O) groups is 1. The minimum atomic E-state index is -0.738. The van der Waals surface area contributed by atoms with Crippen LogP contribution in [0.25, 0.3) is 0 Å². The quantitative estimate of drug-likeness (QED) is 0.172. The lowest BCUT2D eigenvalue weighted by Crippen LogP contribution is -2.38. The van der Waals surface area contributed by atoms with Crippen LogP contribution in [0.4, 0.5) is 0 Å². The second-order valence-corrected chi connectivity index (χ2v) is 12.2. The third-order valence-corrected chi connectivity index (χ3v) is 8.76. The molecule has 8 heteroatoms. The fraction of sp³-hybridized carbons (Fsp3) is 0.727. The van der Waals surface area contributed by atoms with Gasteiger partial charge >= 0.3 is 5.97 Å². The number of methoxy groups -OCH3 is 1. The van der Waals surface area contributed by atoms with Crippen molar-refractivity contribution in [2.75, 3.05) is 7.11 Å². The molecule has 41 heavy (non-hydrogen) atoms. The van der Waals surface area contributed by atoms with Crippen LogP contribution < -0.4 is 0 Å². The van der Waals surface area contributed by atoms with Crippen molar-refractivity contribution < 1.29 is 39.4 Å². The Hall–Kier alpha value is -1.81. The van der Waals surface area contributed by atoms with E-state index in [2.05, 4.69) is 0 Å². The van der Waals surface area contributed by atoms with Crippen molar-refractivity contribution >= 4 is 5.97 Å². The van der Waals surface area contributed by atoms with Gasteiger partial charge in [-0.15, -0.1) is 0 Å². The maximum atomic E-state index is 13.0. The van der Waals surface area contributed by atoms with Gasteiger partial charge in [0.15, 0.2) is 0 Å². The number of carbonyl (C=O) groups excluding carboxylic acids is 1. The number of aliphatic hydroxyl groups is 4. The Morgan fingerprint density at radius 1 is 1.00 bits per heavy atom. The summed E-state index contributed by atoms with van der Waals surface area (Å²) in [5, 5.41) is 42.4. The minimum absolute atomic E-state index is 0.00198. The summed E-state index contributed by atoms with van der Waals surface area (Å²) in [4.78, 5) is 13.0. The highest BCUT2D eigenvalue weighted by Crippen LogP contribution is 2.34. The van der Waals surface area contributed by atoms with Gasteiger partial charge in [0.25, 0.3) is 0 Å². The van der Waals surface area contributed by atoms with Crippen molar-refractivity contribution in [2.45, 2.75) is 123 Å². The van der Waals surface area contributed by atoms with E-state index in [-0.39, 0.29) is 42.0 Å². The van der Waals surface area contributed by atoms with Crippen LogP contribution in [-0.4, -0.2) is 82.3 Å². The van der Waals surface area contributed by atoms with Crippen LogP contribution in [0.5, 0.6) is 0 Å². The highest BCUT2D eigenvalue weighted by molar-refractivity contribution is 5.88. The predicted molar refractivity (Wildman–Crippen MR) is 160 cm³/mol. The summed E-state index contributed by atoms with van der Waals surface area (Å²) in [6, 6.07) is 0. The smallest absolute Gasteiger partial charge is 0.334 e. The Morgan fingerprint density at radius 3 is 2.29 bits per heavy atom. The number of fused-ring (bicyclic) bond motifs is 1. The maximum absolute atomic E-state index is 13.0. The van der Waals surface area contributed by atoms with E-state index >= 15 is 0 Å². The van der Waals surface area contributed by atoms with E-state index in [0.29, 0.717) is 31.3 Å². The second-order valence-electron chi connectivity index (χ2n) is 12.2. The molecule has 0 unspecified atom stereocenters. The van der Waals surface area contributed by atoms with Gasteiger partial charge in [-0.2, -0.15) is 0 Å². The van der Waals surface area contributed by atoms with Gasteiger partial charge in [0, 0.05) is 36.9 Å². The van der Waals surface area contributed by atoms with E-state index in [1.807, 2.05) is 71.9 Å². The molecule has 0 spiro atoms. The van der Waals surface area contributed by atoms with Gasteiger partial charge in [-0.25, -0.2) is 4.79 Å². The summed E-state index contributed by atoms with van der Waals surface area (Å²) in [7, 11) is 1.61. The summed E-state index contributed by atoms with van der Waals surface area (Å²) >= 11 is 0. The molecular weight excluding hydrogens is 524 g/mol. The fourth-order valence-corrected chi connectivity index (χ4v) is 5.32. The van der Waals surface area contributed by atoms with Gasteiger partial charge in [-0.1, -0.05) is 63.6 Å². The Morgan fingerprint density at radius 2 is 1.63 bits per heavy atom. The number of hydrogen-bond donors (Lipinski definition) is 4. The predicted octanol–water partition coefficient (Wildman–Crippen LogP) is 4.27. The molecule has 4 N–H and O–H groups in total. The molecule has 0 aliphatic carbocycles. The molecule has 0 aromatic heterocycles. The summed E-state index contributed by atoms with van der Waals surface area (Å²) in [5.74, 6) is -1.01. The number of esters is 1. The van der Waals surface area contributed by atoms with Crippen LogP contribution in [0, 0.1) is 23.7 Å². The summed E-state index contributed by atoms with van der Waals surface area (Å²) in [6.45, 7) is 13.2. The van der Waals surface area contributed by atoms with Crippen LogP contribution in [0.15, 0.2) is 47.6 Å². The Bertz CT molecular complexity index is 940. The number of epoxide rings is 1. The number of cyclic esters (lactones) is 1. The molecule has 2 aliphatic heterocycles. The van der Waals surface area contributed by atoms with Gasteiger partial charge in [0.2, 0.25) is 0 Å². The molecule has 2 aliphatic rings. The van der Waals surface area contributed by atoms with Crippen molar-refractivity contribution in [3.8, 4) is 0 Å². The first-order valence-corrected chi connectivity index (χ1v) is 15.1. The highest BCUT2D eigenvalue weighted by atomic mass is 16.6. The highest BCUT2D eigenvalue weighted by Gasteiger charge is 2.49. The molecule has 0 aromatic carbocycles. The lowest BCUT2D eigenvalue weighted by molar-refractivity contribution is -0.146. The summed E-state index contributed by atoms with van der Waals surface area (Å²) < 4.78 is 16.9. The van der Waals surface area contributed by atoms with Crippen molar-refractivity contribution in [2.24, 2.45) is 23.7 Å². The van der Waals surface area contributed by atoms with Crippen molar-refractivity contribution in [3.05, 3.63) is 47.6 Å². The van der Waals surface area contributed by atoms with E-state index in [0.717, 1.165) is 5.57 Å². The zero-order valence-electron chi connectivity index (χ0n) is 26.1. The van der Waals surface area contributed by atoms with Crippen LogP contribution in [0.2, 0.25) is 0 Å². The summed E-state index contributed by atoms with van der Waals surface area (Å²) in [5.41, 5.74) is 1.32. The standard InChI is InChI=1S/C33H54O8/c1-19-17-21(3)29(36)32-31(41-32)27(35)15-11-12-16-28(40-33(38)22(4)18-19)20(2)13-9-10-14-26(34)24(6)30(37)23(5)25(7)39-8/h9-12,17-18,20-21,23-32,34-37H,13-16H2,1-8H3/b10-9+,12-11+,19-17+,22-18-/t20-,21+,23+,24+,25-,26-,27+,28-,29-,30-,31-,32-/m0/s1. The molecule has 0 radical (unpaired) electrons. The molecular formula is C33H54O8. The number of ether oxygens (including phenoxy) is 3. The molecule has 1 saturated heterocycles. The lowest BCUT2D eigenvalue weighted by atomic mass is 9.85. The van der Waals surface area contributed by atoms with E-state index in [4.69, 9.17) is 14.2 Å². The SMILES string of the molecule is CO[C@@H](C)[C@@H](C)[C@H](O)[C@H](C)[C@@H](O)C/C=C/C[C@H](C)[C@@H]1C/C=C/C[C@@H](O)[C@@H]2O[C@H]2[C@@H](O)[C@H](C)/C=C(C)/C=C(/C)C(=O)O1. The normalized spacial score (nSPS) is 36.0. The monoisotopic (exact) mass is 578 g/mol. The Kier molecular flexibility index (Phi) is 14.4. The molecule has 0 aromatic rings. The molecule has 8 nitrogen and oxygen atoms in total. The molecule has 0 bridgehead atoms. The Labute approximate surface area is 246 Å². The van der Waals surface area contributed by atoms with Crippen LogP contribution in [-0.2, 0) is 19.0 Å². The van der Waals surface area contributed by atoms with Gasteiger partial charge in [-0.3, -0.25) is 0 Å². The van der Waals surface area contributed by atoms with Gasteiger partial charge in [0.05, 0.1) is 30.5 Å². The zero-order chi connectivity index (χ0) is 30.9. The van der Waals surface area contributed by atoms with Crippen LogP contribution >= 0.6 is 0 Å². The summed E-state index contributed by atoms with van der Waals surface area (Å²) in [6.07, 6.45) is 9.17. The number of rotatable bonds is 10. The maximum Gasteiger partial charge on any atom is 0.334 e. The number of allylic oxidation sites excluding steroid dienone is 3. The van der Waals surface area contributed by atoms with Gasteiger partial charge < -0.3 is 34.6 Å². The fourth-order valence-electron chi connectivity index (χ4n) is 5.32. The Balaban J connectivity index is 2.06. The van der Waals surface area contributed by atoms with E-state index in [1.54, 1.807) is 20.1 Å². The number of aliphatic hydroxyl groups excluding tert-OH is 4. The average molecular weight is 579 g/mol. The molecule has 2 rings (SSSR count). The first kappa shape index (κ1) is 35.4. The first-order chi connectivity index (χ1) is 19.3. The topological polar surface area (TPSA) is 129 Å². The number of hydrogen-bond acceptors (Lipinski definition) is 8. The van der Waals surface area contributed by atoms with Crippen molar-refractivity contribution in [3.63, 3.8) is 0 Å². The van der Waals surface area contributed by atoms with Crippen molar-refractivity contribution in [1.29, 1.82) is 0 Å². The molecule has 2 heterocycles. The minimum Gasteiger partial charge on any atom is -0.458 e.